The monoisotopic (exact) mass is 499 g/mol. The second-order valence-electron chi connectivity index (χ2n) is 9.45. The van der Waals surface area contributed by atoms with Gasteiger partial charge in [-0.2, -0.15) is 18.4 Å². The molecule has 1 N–H and O–H groups in total. The predicted octanol–water partition coefficient (Wildman–Crippen LogP) is 3.63. The number of alkyl halides is 3. The van der Waals surface area contributed by atoms with Gasteiger partial charge in [-0.1, -0.05) is 0 Å². The van der Waals surface area contributed by atoms with E-state index in [1.165, 1.54) is 12.1 Å². The largest absolute Gasteiger partial charge is 0.417 e. The fraction of sp³-hybridized carbons (Fsp3) is 0.462. The molecule has 4 rings (SSSR count). The molecule has 190 valence electrons. The lowest BCUT2D eigenvalue weighted by Gasteiger charge is -2.36. The first-order valence-corrected chi connectivity index (χ1v) is 11.9. The van der Waals surface area contributed by atoms with Crippen LogP contribution in [-0.4, -0.2) is 54.9 Å². The molecule has 2 atom stereocenters. The fourth-order valence-electron chi connectivity index (χ4n) is 5.35. The average molecular weight is 500 g/mol. The Labute approximate surface area is 207 Å². The number of benzene rings is 1. The zero-order valence-electron chi connectivity index (χ0n) is 20.2. The van der Waals surface area contributed by atoms with E-state index in [1.807, 2.05) is 6.92 Å². The van der Waals surface area contributed by atoms with Crippen LogP contribution in [0.2, 0.25) is 0 Å². The van der Waals surface area contributed by atoms with Gasteiger partial charge in [-0.05, 0) is 61.9 Å². The average Bonchev–Trinajstić information content (AvgIpc) is 3.33. The van der Waals surface area contributed by atoms with Crippen LogP contribution in [0.25, 0.3) is 0 Å². The zero-order valence-corrected chi connectivity index (χ0v) is 20.2. The Morgan fingerprint density at radius 1 is 1.14 bits per heavy atom. The van der Waals surface area contributed by atoms with Crippen molar-refractivity contribution >= 4 is 17.5 Å². The molecule has 2 aliphatic rings. The topological polar surface area (TPSA) is 89.3 Å². The van der Waals surface area contributed by atoms with Gasteiger partial charge in [0, 0.05) is 50.8 Å². The summed E-state index contributed by atoms with van der Waals surface area (Å²) in [5.74, 6) is -0.509. The van der Waals surface area contributed by atoms with E-state index < -0.39 is 17.3 Å². The van der Waals surface area contributed by atoms with Crippen molar-refractivity contribution in [1.82, 2.24) is 15.2 Å². The molecule has 1 aromatic carbocycles. The number of hydrogen-bond donors (Lipinski definition) is 1. The molecule has 2 fully saturated rings. The molecule has 2 unspecified atom stereocenters. The van der Waals surface area contributed by atoms with E-state index >= 15 is 0 Å². The number of aromatic nitrogens is 1. The normalized spacial score (nSPS) is 20.8. The molecule has 10 heteroatoms. The number of anilines is 1. The molecule has 2 aliphatic heterocycles. The molecule has 2 saturated heterocycles. The number of nitrogens with zero attached hydrogens (tertiary/aromatic N) is 4. The van der Waals surface area contributed by atoms with Gasteiger partial charge in [-0.25, -0.2) is 0 Å². The number of piperidine rings is 1. The van der Waals surface area contributed by atoms with Gasteiger partial charge in [0.05, 0.1) is 28.7 Å². The molecule has 3 heterocycles. The number of hydrogen-bond acceptors (Lipinski definition) is 5. The van der Waals surface area contributed by atoms with Crippen molar-refractivity contribution in [2.45, 2.75) is 25.9 Å². The maximum Gasteiger partial charge on any atom is 0.417 e. The van der Waals surface area contributed by atoms with Crippen molar-refractivity contribution in [1.29, 1.82) is 5.26 Å². The number of pyridine rings is 1. The van der Waals surface area contributed by atoms with E-state index in [-0.39, 0.29) is 29.6 Å². The van der Waals surface area contributed by atoms with Gasteiger partial charge >= 0.3 is 6.18 Å². The van der Waals surface area contributed by atoms with Crippen LogP contribution >= 0.6 is 0 Å². The minimum absolute atomic E-state index is 0.0618. The number of rotatable bonds is 4. The Morgan fingerprint density at radius 3 is 2.44 bits per heavy atom. The number of halogens is 3. The van der Waals surface area contributed by atoms with E-state index in [2.05, 4.69) is 10.3 Å². The molecule has 0 radical (unpaired) electrons. The van der Waals surface area contributed by atoms with Crippen LogP contribution in [0.1, 0.15) is 40.0 Å². The van der Waals surface area contributed by atoms with Crippen molar-refractivity contribution < 1.29 is 22.8 Å². The maximum atomic E-state index is 13.5. The molecular weight excluding hydrogens is 471 g/mol. The van der Waals surface area contributed by atoms with Crippen molar-refractivity contribution in [3.8, 4) is 6.07 Å². The highest BCUT2D eigenvalue weighted by molar-refractivity contribution is 5.94. The lowest BCUT2D eigenvalue weighted by molar-refractivity contribution is -0.137. The molecule has 0 spiro atoms. The Morgan fingerprint density at radius 2 is 1.86 bits per heavy atom. The van der Waals surface area contributed by atoms with E-state index in [1.54, 1.807) is 41.2 Å². The van der Waals surface area contributed by atoms with E-state index in [4.69, 9.17) is 5.26 Å². The van der Waals surface area contributed by atoms with Crippen LogP contribution in [0.5, 0.6) is 0 Å². The van der Waals surface area contributed by atoms with Gasteiger partial charge in [0.1, 0.15) is 0 Å². The van der Waals surface area contributed by atoms with Crippen LogP contribution in [0, 0.1) is 36.0 Å². The van der Waals surface area contributed by atoms with Crippen LogP contribution < -0.4 is 10.2 Å². The highest BCUT2D eigenvalue weighted by atomic mass is 19.4. The third-order valence-corrected chi connectivity index (χ3v) is 7.33. The van der Waals surface area contributed by atoms with Crippen molar-refractivity contribution in [2.24, 2.45) is 17.8 Å². The summed E-state index contributed by atoms with van der Waals surface area (Å²) in [4.78, 5) is 33.4. The van der Waals surface area contributed by atoms with Crippen LogP contribution in [-0.2, 0) is 11.0 Å². The number of aryl methyl sites for hydroxylation is 1. The van der Waals surface area contributed by atoms with Gasteiger partial charge in [0.25, 0.3) is 5.91 Å². The van der Waals surface area contributed by atoms with Gasteiger partial charge in [-0.3, -0.25) is 14.6 Å². The smallest absolute Gasteiger partial charge is 0.370 e. The molecule has 0 aliphatic carbocycles. The molecule has 7 nitrogen and oxygen atoms in total. The van der Waals surface area contributed by atoms with E-state index in [9.17, 15) is 22.8 Å². The van der Waals surface area contributed by atoms with Gasteiger partial charge in [0.15, 0.2) is 0 Å². The van der Waals surface area contributed by atoms with Gasteiger partial charge in [-0.15, -0.1) is 0 Å². The second kappa shape index (κ2) is 10.2. The van der Waals surface area contributed by atoms with Crippen molar-refractivity contribution in [3.63, 3.8) is 0 Å². The standard InChI is InChI=1S/C26H28F3N5O2/c1-16-3-4-19(13-32-16)25(36)33-9-7-17(8-10-33)21-14-34(15-22(21)24(35)31-2)20-6-5-18(12-30)23(11-20)26(27,28)29/h3-6,11,13,17,21-22H,7-10,14-15H2,1-2H3,(H,31,35). The van der Waals surface area contributed by atoms with Gasteiger partial charge < -0.3 is 15.1 Å². The molecule has 2 aromatic rings. The summed E-state index contributed by atoms with van der Waals surface area (Å²) >= 11 is 0. The summed E-state index contributed by atoms with van der Waals surface area (Å²) in [6.07, 6.45) is -1.66. The second-order valence-corrected chi connectivity index (χ2v) is 9.45. The summed E-state index contributed by atoms with van der Waals surface area (Å²) in [6.45, 7) is 3.67. The number of likely N-dealkylation sites (tertiary alicyclic amines) is 1. The molecule has 0 bridgehead atoms. The third kappa shape index (κ3) is 5.15. The van der Waals surface area contributed by atoms with Gasteiger partial charge in [0.2, 0.25) is 5.91 Å². The third-order valence-electron chi connectivity index (χ3n) is 7.33. The van der Waals surface area contributed by atoms with E-state index in [0.29, 0.717) is 50.3 Å². The number of carbonyl (C=O) groups excluding carboxylic acids is 2. The molecule has 36 heavy (non-hydrogen) atoms. The summed E-state index contributed by atoms with van der Waals surface area (Å²) in [6, 6.07) is 8.86. The minimum atomic E-state index is -4.65. The predicted molar refractivity (Wildman–Crippen MR) is 127 cm³/mol. The van der Waals surface area contributed by atoms with Crippen molar-refractivity contribution in [2.75, 3.05) is 38.1 Å². The highest BCUT2D eigenvalue weighted by Crippen LogP contribution is 2.40. The summed E-state index contributed by atoms with van der Waals surface area (Å²) in [5.41, 5.74) is 0.319. The van der Waals surface area contributed by atoms with Crippen LogP contribution in [0.4, 0.5) is 18.9 Å². The number of carbonyl (C=O) groups is 2. The van der Waals surface area contributed by atoms with Crippen LogP contribution in [0.3, 0.4) is 0 Å². The van der Waals surface area contributed by atoms with E-state index in [0.717, 1.165) is 11.8 Å². The fourth-order valence-corrected chi connectivity index (χ4v) is 5.35. The lowest BCUT2D eigenvalue weighted by atomic mass is 9.78. The number of nitriles is 1. The summed E-state index contributed by atoms with van der Waals surface area (Å²) in [7, 11) is 1.56. The Balaban J connectivity index is 1.49. The molecule has 0 saturated carbocycles. The molecular formula is C26H28F3N5O2. The lowest BCUT2D eigenvalue weighted by Crippen LogP contribution is -2.43. The Bertz CT molecular complexity index is 1170. The summed E-state index contributed by atoms with van der Waals surface area (Å²) in [5, 5.41) is 11.8. The molecule has 1 aromatic heterocycles. The number of amides is 2. The Hall–Kier alpha value is -3.61. The first-order chi connectivity index (χ1) is 17.1. The zero-order chi connectivity index (χ0) is 26.0. The SMILES string of the molecule is CNC(=O)C1CN(c2ccc(C#N)c(C(F)(F)F)c2)CC1C1CCN(C(=O)c2ccc(C)nc2)CC1. The first kappa shape index (κ1) is 25.5. The minimum Gasteiger partial charge on any atom is -0.370 e. The summed E-state index contributed by atoms with van der Waals surface area (Å²) < 4.78 is 40.5. The molecule has 2 amide bonds. The quantitative estimate of drug-likeness (QED) is 0.694. The number of nitrogens with one attached hydrogen (secondary N) is 1. The first-order valence-electron chi connectivity index (χ1n) is 11.9. The Kier molecular flexibility index (Phi) is 7.20. The van der Waals surface area contributed by atoms with Crippen LogP contribution in [0.15, 0.2) is 36.5 Å². The van der Waals surface area contributed by atoms with Crippen molar-refractivity contribution in [3.05, 3.63) is 58.9 Å². The highest BCUT2D eigenvalue weighted by Gasteiger charge is 2.43. The maximum absolute atomic E-state index is 13.5.